The Morgan fingerprint density at radius 1 is 1.47 bits per heavy atom. The van der Waals surface area contributed by atoms with Crippen molar-refractivity contribution in [3.8, 4) is 11.5 Å². The number of amides is 1. The van der Waals surface area contributed by atoms with Gasteiger partial charge in [-0.1, -0.05) is 21.0 Å². The molecule has 0 N–H and O–H groups in total. The highest BCUT2D eigenvalue weighted by Crippen LogP contribution is 2.27. The quantitative estimate of drug-likeness (QED) is 0.807. The van der Waals surface area contributed by atoms with Crippen LogP contribution in [0.3, 0.4) is 0 Å². The van der Waals surface area contributed by atoms with Gasteiger partial charge < -0.3 is 4.42 Å². The van der Waals surface area contributed by atoms with Crippen molar-refractivity contribution in [3.63, 3.8) is 0 Å². The lowest BCUT2D eigenvalue weighted by atomic mass is 10.2. The fraction of sp³-hybridized carbons (Fsp3) is 0.333. The van der Waals surface area contributed by atoms with Gasteiger partial charge in [0.15, 0.2) is 0 Å². The molecule has 0 radical (unpaired) electrons. The lowest BCUT2D eigenvalue weighted by molar-refractivity contribution is -0.117. The Kier molecular flexibility index (Phi) is 3.29. The zero-order valence-electron chi connectivity index (χ0n) is 9.99. The molecule has 2 aromatic heterocycles. The van der Waals surface area contributed by atoms with E-state index in [9.17, 15) is 4.79 Å². The standard InChI is InChI=1S/C12H11BrN4O2/c13-5-8-4-10(18)17(7-8)12-16-15-11(19-12)9-2-1-3-14-6-9/h1-3,6,8H,4-5,7H2. The Bertz CT molecular complexity index is 586. The third-order valence-corrected chi connectivity index (χ3v) is 3.89. The fourth-order valence-corrected chi connectivity index (χ4v) is 2.43. The third-order valence-electron chi connectivity index (χ3n) is 2.98. The second kappa shape index (κ2) is 5.08. The van der Waals surface area contributed by atoms with Gasteiger partial charge >= 0.3 is 6.01 Å². The molecule has 0 saturated carbocycles. The maximum atomic E-state index is 11.9. The van der Waals surface area contributed by atoms with Crippen molar-refractivity contribution in [2.24, 2.45) is 5.92 Å². The number of hydrogen-bond donors (Lipinski definition) is 0. The smallest absolute Gasteiger partial charge is 0.325 e. The maximum Gasteiger partial charge on any atom is 0.325 e. The van der Waals surface area contributed by atoms with Crippen LogP contribution < -0.4 is 4.90 Å². The minimum absolute atomic E-state index is 0.0193. The highest BCUT2D eigenvalue weighted by molar-refractivity contribution is 9.09. The second-order valence-electron chi connectivity index (χ2n) is 4.36. The topological polar surface area (TPSA) is 72.1 Å². The molecule has 1 saturated heterocycles. The predicted octanol–water partition coefficient (Wildman–Crippen LogP) is 1.88. The van der Waals surface area contributed by atoms with Gasteiger partial charge in [-0.3, -0.25) is 14.7 Å². The first-order chi connectivity index (χ1) is 9.28. The van der Waals surface area contributed by atoms with Gasteiger partial charge in [0.1, 0.15) is 0 Å². The molecule has 1 aliphatic heterocycles. The molecule has 6 nitrogen and oxygen atoms in total. The Balaban J connectivity index is 1.84. The summed E-state index contributed by atoms with van der Waals surface area (Å²) in [4.78, 5) is 17.4. The number of hydrogen-bond acceptors (Lipinski definition) is 5. The van der Waals surface area contributed by atoms with Crippen LogP contribution in [0.5, 0.6) is 0 Å². The van der Waals surface area contributed by atoms with Crippen molar-refractivity contribution < 1.29 is 9.21 Å². The van der Waals surface area contributed by atoms with E-state index in [1.165, 1.54) is 0 Å². The number of carbonyl (C=O) groups excluding carboxylic acids is 1. The molecule has 1 unspecified atom stereocenters. The highest BCUT2D eigenvalue weighted by atomic mass is 79.9. The van der Waals surface area contributed by atoms with E-state index in [0.717, 1.165) is 10.9 Å². The van der Waals surface area contributed by atoms with Crippen LogP contribution in [-0.2, 0) is 4.79 Å². The summed E-state index contributed by atoms with van der Waals surface area (Å²) in [5, 5.41) is 8.68. The summed E-state index contributed by atoms with van der Waals surface area (Å²) in [5.41, 5.74) is 0.741. The number of carbonyl (C=O) groups is 1. The highest BCUT2D eigenvalue weighted by Gasteiger charge is 2.33. The summed E-state index contributed by atoms with van der Waals surface area (Å²) in [7, 11) is 0. The molecule has 0 bridgehead atoms. The first-order valence-corrected chi connectivity index (χ1v) is 7.00. The first-order valence-electron chi connectivity index (χ1n) is 5.88. The zero-order valence-corrected chi connectivity index (χ0v) is 11.6. The Labute approximate surface area is 118 Å². The van der Waals surface area contributed by atoms with Crippen LogP contribution in [0.15, 0.2) is 28.9 Å². The molecule has 1 aliphatic rings. The summed E-state index contributed by atoms with van der Waals surface area (Å²) in [6.07, 6.45) is 3.83. The van der Waals surface area contributed by atoms with Crippen molar-refractivity contribution in [3.05, 3.63) is 24.5 Å². The lowest BCUT2D eigenvalue weighted by Crippen LogP contribution is -2.24. The van der Waals surface area contributed by atoms with Crippen molar-refractivity contribution in [1.29, 1.82) is 0 Å². The Hall–Kier alpha value is -1.76. The zero-order chi connectivity index (χ0) is 13.2. The number of halogens is 1. The summed E-state index contributed by atoms with van der Waals surface area (Å²) in [6, 6.07) is 3.88. The number of rotatable bonds is 3. The van der Waals surface area contributed by atoms with Gasteiger partial charge in [0.25, 0.3) is 5.89 Å². The van der Waals surface area contributed by atoms with Gasteiger partial charge in [0.2, 0.25) is 5.91 Å². The molecule has 0 aliphatic carbocycles. The van der Waals surface area contributed by atoms with E-state index in [1.54, 1.807) is 23.4 Å². The molecule has 3 rings (SSSR count). The maximum absolute atomic E-state index is 11.9. The summed E-state index contributed by atoms with van der Waals surface area (Å²) in [6.45, 7) is 0.610. The van der Waals surface area contributed by atoms with E-state index >= 15 is 0 Å². The molecule has 19 heavy (non-hydrogen) atoms. The fourth-order valence-electron chi connectivity index (χ4n) is 2.00. The van der Waals surface area contributed by atoms with Crippen LogP contribution in [0.25, 0.3) is 11.5 Å². The number of nitrogens with zero attached hydrogens (tertiary/aromatic N) is 4. The second-order valence-corrected chi connectivity index (χ2v) is 5.01. The normalized spacial score (nSPS) is 19.1. The minimum atomic E-state index is 0.0193. The lowest BCUT2D eigenvalue weighted by Gasteiger charge is -2.09. The van der Waals surface area contributed by atoms with Crippen LogP contribution >= 0.6 is 15.9 Å². The van der Waals surface area contributed by atoms with Crippen LogP contribution in [0.4, 0.5) is 6.01 Å². The van der Waals surface area contributed by atoms with E-state index < -0.39 is 0 Å². The van der Waals surface area contributed by atoms with Crippen molar-refractivity contribution in [2.45, 2.75) is 6.42 Å². The van der Waals surface area contributed by atoms with E-state index in [-0.39, 0.29) is 11.9 Å². The molecular weight excluding hydrogens is 312 g/mol. The van der Waals surface area contributed by atoms with Crippen molar-refractivity contribution in [2.75, 3.05) is 16.8 Å². The van der Waals surface area contributed by atoms with Gasteiger partial charge in [-0.15, -0.1) is 5.10 Å². The van der Waals surface area contributed by atoms with Crippen molar-refractivity contribution in [1.82, 2.24) is 15.2 Å². The SMILES string of the molecule is O=C1CC(CBr)CN1c1nnc(-c2cccnc2)o1. The molecule has 7 heteroatoms. The minimum Gasteiger partial charge on any atom is -0.403 e. The van der Waals surface area contributed by atoms with E-state index in [1.807, 2.05) is 6.07 Å². The molecule has 1 atom stereocenters. The van der Waals surface area contributed by atoms with Gasteiger partial charge in [0, 0.05) is 30.7 Å². The van der Waals surface area contributed by atoms with Crippen molar-refractivity contribution >= 4 is 27.9 Å². The van der Waals surface area contributed by atoms with Gasteiger partial charge in [-0.05, 0) is 18.1 Å². The molecular formula is C12H11BrN4O2. The first kappa shape index (κ1) is 12.3. The molecule has 0 spiro atoms. The number of pyridine rings is 1. The summed E-state index contributed by atoms with van der Waals surface area (Å²) >= 11 is 3.39. The monoisotopic (exact) mass is 322 g/mol. The largest absolute Gasteiger partial charge is 0.403 e. The summed E-state index contributed by atoms with van der Waals surface area (Å²) < 4.78 is 5.54. The van der Waals surface area contributed by atoms with Crippen LogP contribution in [0, 0.1) is 5.92 Å². The summed E-state index contributed by atoms with van der Waals surface area (Å²) in [5.74, 6) is 0.685. The average Bonchev–Trinajstić information content (AvgIpc) is 3.06. The molecule has 2 aromatic rings. The molecule has 98 valence electrons. The van der Waals surface area contributed by atoms with Gasteiger partial charge in [-0.25, -0.2) is 0 Å². The Morgan fingerprint density at radius 3 is 3.05 bits per heavy atom. The molecule has 1 fully saturated rings. The van der Waals surface area contributed by atoms with E-state index in [2.05, 4.69) is 31.1 Å². The third kappa shape index (κ3) is 2.37. The molecule has 3 heterocycles. The van der Waals surface area contributed by atoms with Crippen LogP contribution in [0.1, 0.15) is 6.42 Å². The predicted molar refractivity (Wildman–Crippen MR) is 71.8 cm³/mol. The Morgan fingerprint density at radius 2 is 2.37 bits per heavy atom. The number of aromatic nitrogens is 3. The van der Waals surface area contributed by atoms with Gasteiger partial charge in [-0.2, -0.15) is 0 Å². The number of anilines is 1. The average molecular weight is 323 g/mol. The molecule has 1 amide bonds. The van der Waals surface area contributed by atoms with E-state index in [0.29, 0.717) is 24.8 Å². The van der Waals surface area contributed by atoms with Crippen LogP contribution in [0.2, 0.25) is 0 Å². The van der Waals surface area contributed by atoms with E-state index in [4.69, 9.17) is 4.42 Å². The van der Waals surface area contributed by atoms with Gasteiger partial charge in [0.05, 0.1) is 5.56 Å². The molecule has 0 aromatic carbocycles. The van der Waals surface area contributed by atoms with Crippen LogP contribution in [-0.4, -0.2) is 33.0 Å². The number of alkyl halides is 1.